The highest BCUT2D eigenvalue weighted by Crippen LogP contribution is 2.52. The van der Waals surface area contributed by atoms with Crippen molar-refractivity contribution in [1.82, 2.24) is 0 Å². The second-order valence-electron chi connectivity index (χ2n) is 4.84. The number of methoxy groups -OCH3 is 1. The Bertz CT molecular complexity index is 388. The van der Waals surface area contributed by atoms with Crippen LogP contribution in [0.15, 0.2) is 16.8 Å². The maximum absolute atomic E-state index is 11.4. The van der Waals surface area contributed by atoms with Gasteiger partial charge in [0.15, 0.2) is 0 Å². The molecule has 5 heteroatoms. The number of hydrogen-bond acceptors (Lipinski definition) is 5. The molecule has 1 aromatic heterocycles. The number of thioether (sulfide) groups is 1. The van der Waals surface area contributed by atoms with Crippen LogP contribution in [0.25, 0.3) is 0 Å². The van der Waals surface area contributed by atoms with E-state index in [9.17, 15) is 4.79 Å². The molecule has 100 valence electrons. The van der Waals surface area contributed by atoms with Crippen LogP contribution in [0, 0.1) is 5.41 Å². The highest BCUT2D eigenvalue weighted by molar-refractivity contribution is 7.99. The second kappa shape index (κ2) is 6.08. The number of nitrogens with two attached hydrogens (primary N) is 1. The number of ether oxygens (including phenoxy) is 1. The molecule has 1 unspecified atom stereocenters. The third-order valence-electron chi connectivity index (χ3n) is 3.42. The van der Waals surface area contributed by atoms with Crippen molar-refractivity contribution in [3.63, 3.8) is 0 Å². The molecular weight excluding hydrogens is 266 g/mol. The van der Waals surface area contributed by atoms with Gasteiger partial charge in [-0.05, 0) is 40.6 Å². The molecule has 0 amide bonds. The van der Waals surface area contributed by atoms with E-state index in [1.165, 1.54) is 12.7 Å². The number of carbonyl (C=O) groups is 1. The predicted molar refractivity (Wildman–Crippen MR) is 76.9 cm³/mol. The van der Waals surface area contributed by atoms with Gasteiger partial charge in [0, 0.05) is 17.5 Å². The summed E-state index contributed by atoms with van der Waals surface area (Å²) >= 11 is 3.58. The van der Waals surface area contributed by atoms with E-state index in [0.29, 0.717) is 18.2 Å². The Morgan fingerprint density at radius 2 is 2.44 bits per heavy atom. The van der Waals surface area contributed by atoms with E-state index in [0.717, 1.165) is 18.6 Å². The maximum atomic E-state index is 11.4. The fourth-order valence-electron chi connectivity index (χ4n) is 1.96. The molecule has 1 aliphatic rings. The molecule has 1 fully saturated rings. The predicted octanol–water partition coefficient (Wildman–Crippen LogP) is 2.82. The Labute approximate surface area is 116 Å². The van der Waals surface area contributed by atoms with Gasteiger partial charge in [0.2, 0.25) is 0 Å². The van der Waals surface area contributed by atoms with E-state index in [-0.39, 0.29) is 11.4 Å². The van der Waals surface area contributed by atoms with Crippen molar-refractivity contribution in [3.05, 3.63) is 22.4 Å². The molecule has 1 atom stereocenters. The van der Waals surface area contributed by atoms with Crippen LogP contribution in [0.1, 0.15) is 30.1 Å². The molecule has 0 radical (unpaired) electrons. The monoisotopic (exact) mass is 285 g/mol. The average molecular weight is 285 g/mol. The van der Waals surface area contributed by atoms with Gasteiger partial charge in [-0.2, -0.15) is 23.1 Å². The summed E-state index contributed by atoms with van der Waals surface area (Å²) in [6, 6.07) is 2.13. The van der Waals surface area contributed by atoms with Crippen molar-refractivity contribution >= 4 is 29.1 Å². The lowest BCUT2D eigenvalue weighted by molar-refractivity contribution is -0.141. The van der Waals surface area contributed by atoms with Gasteiger partial charge in [-0.1, -0.05) is 0 Å². The van der Waals surface area contributed by atoms with E-state index < -0.39 is 0 Å². The Kier molecular flexibility index (Phi) is 4.70. The van der Waals surface area contributed by atoms with E-state index in [1.54, 1.807) is 11.3 Å². The molecule has 2 N–H and O–H groups in total. The molecule has 1 aromatic rings. The fourth-order valence-corrected chi connectivity index (χ4v) is 4.18. The van der Waals surface area contributed by atoms with Gasteiger partial charge in [0.1, 0.15) is 0 Å². The summed E-state index contributed by atoms with van der Waals surface area (Å²) < 4.78 is 4.76. The summed E-state index contributed by atoms with van der Waals surface area (Å²) in [5, 5.41) is 4.59. The smallest absolute Gasteiger partial charge is 0.306 e. The van der Waals surface area contributed by atoms with Gasteiger partial charge in [0.05, 0.1) is 13.5 Å². The first kappa shape index (κ1) is 13.9. The largest absolute Gasteiger partial charge is 0.469 e. The van der Waals surface area contributed by atoms with Crippen molar-refractivity contribution in [2.75, 3.05) is 19.4 Å². The van der Waals surface area contributed by atoms with Crippen molar-refractivity contribution < 1.29 is 9.53 Å². The third kappa shape index (κ3) is 3.49. The summed E-state index contributed by atoms with van der Waals surface area (Å²) in [5.74, 6) is 0.910. The van der Waals surface area contributed by atoms with Crippen LogP contribution in [0.2, 0.25) is 0 Å². The van der Waals surface area contributed by atoms with Gasteiger partial charge >= 0.3 is 5.97 Å². The normalized spacial score (nSPS) is 18.3. The minimum Gasteiger partial charge on any atom is -0.469 e. The Hall–Kier alpha value is -0.520. The van der Waals surface area contributed by atoms with Crippen LogP contribution in [-0.2, 0) is 9.53 Å². The molecule has 2 rings (SSSR count). The molecule has 0 saturated heterocycles. The van der Waals surface area contributed by atoms with Gasteiger partial charge in [-0.25, -0.2) is 0 Å². The minimum absolute atomic E-state index is 0.0899. The number of esters is 1. The van der Waals surface area contributed by atoms with Gasteiger partial charge in [-0.15, -0.1) is 0 Å². The van der Waals surface area contributed by atoms with Crippen LogP contribution >= 0.6 is 23.1 Å². The van der Waals surface area contributed by atoms with Crippen LogP contribution in [-0.4, -0.2) is 25.4 Å². The van der Waals surface area contributed by atoms with Crippen molar-refractivity contribution in [3.8, 4) is 0 Å². The van der Waals surface area contributed by atoms with Crippen molar-refractivity contribution in [2.45, 2.75) is 24.5 Å². The number of hydrogen-bond donors (Lipinski definition) is 1. The number of rotatable bonds is 7. The van der Waals surface area contributed by atoms with E-state index in [2.05, 4.69) is 16.8 Å². The first-order valence-corrected chi connectivity index (χ1v) is 8.09. The molecule has 18 heavy (non-hydrogen) atoms. The van der Waals surface area contributed by atoms with E-state index in [4.69, 9.17) is 10.5 Å². The summed E-state index contributed by atoms with van der Waals surface area (Å²) in [5.41, 5.74) is 7.32. The van der Waals surface area contributed by atoms with Crippen molar-refractivity contribution in [2.24, 2.45) is 11.1 Å². The van der Waals surface area contributed by atoms with Crippen LogP contribution < -0.4 is 5.73 Å². The topological polar surface area (TPSA) is 52.3 Å². The van der Waals surface area contributed by atoms with E-state index in [1.807, 2.05) is 11.8 Å². The molecule has 1 saturated carbocycles. The average Bonchev–Trinajstić information content (AvgIpc) is 2.92. The lowest BCUT2D eigenvalue weighted by Gasteiger charge is -2.18. The van der Waals surface area contributed by atoms with Gasteiger partial charge in [-0.3, -0.25) is 4.79 Å². The summed E-state index contributed by atoms with van der Waals surface area (Å²) in [4.78, 5) is 11.4. The number of thiophene rings is 1. The second-order valence-corrected chi connectivity index (χ2v) is 6.82. The van der Waals surface area contributed by atoms with E-state index >= 15 is 0 Å². The summed E-state index contributed by atoms with van der Waals surface area (Å²) in [6.45, 7) is 0.649. The SMILES string of the molecule is COC(=O)CC1(CSC(CN)c2ccsc2)CC1. The molecule has 0 aliphatic heterocycles. The summed E-state index contributed by atoms with van der Waals surface area (Å²) in [7, 11) is 1.46. The zero-order valence-corrected chi connectivity index (χ0v) is 12.2. The molecule has 0 aromatic carbocycles. The molecule has 0 spiro atoms. The quantitative estimate of drug-likeness (QED) is 0.783. The first-order valence-electron chi connectivity index (χ1n) is 6.10. The van der Waals surface area contributed by atoms with Gasteiger partial charge in [0.25, 0.3) is 0 Å². The maximum Gasteiger partial charge on any atom is 0.306 e. The number of carbonyl (C=O) groups excluding carboxylic acids is 1. The Morgan fingerprint density at radius 3 is 2.94 bits per heavy atom. The minimum atomic E-state index is -0.0899. The zero-order chi connectivity index (χ0) is 13.0. The van der Waals surface area contributed by atoms with Crippen molar-refractivity contribution in [1.29, 1.82) is 0 Å². The molecule has 1 heterocycles. The standard InChI is InChI=1S/C13H19NO2S2/c1-16-12(15)6-13(3-4-13)9-18-11(7-14)10-2-5-17-8-10/h2,5,8,11H,3-4,6-7,9,14H2,1H3. The Morgan fingerprint density at radius 1 is 1.67 bits per heavy atom. The zero-order valence-electron chi connectivity index (χ0n) is 10.6. The lowest BCUT2D eigenvalue weighted by atomic mass is 10.1. The highest BCUT2D eigenvalue weighted by Gasteiger charge is 2.44. The van der Waals surface area contributed by atoms with Gasteiger partial charge < -0.3 is 10.5 Å². The molecule has 3 nitrogen and oxygen atoms in total. The Balaban J connectivity index is 1.85. The molecule has 0 bridgehead atoms. The van der Waals surface area contributed by atoms with Crippen LogP contribution in [0.3, 0.4) is 0 Å². The first-order chi connectivity index (χ1) is 8.69. The lowest BCUT2D eigenvalue weighted by Crippen LogP contribution is -2.16. The molecular formula is C13H19NO2S2. The highest BCUT2D eigenvalue weighted by atomic mass is 32.2. The third-order valence-corrected chi connectivity index (χ3v) is 5.77. The molecule has 1 aliphatic carbocycles. The van der Waals surface area contributed by atoms with Crippen LogP contribution in [0.4, 0.5) is 0 Å². The summed E-state index contributed by atoms with van der Waals surface area (Å²) in [6.07, 6.45) is 2.82. The van der Waals surface area contributed by atoms with Crippen LogP contribution in [0.5, 0.6) is 0 Å². The fraction of sp³-hybridized carbons (Fsp3) is 0.615.